The number of amides is 1. The van der Waals surface area contributed by atoms with E-state index < -0.39 is 0 Å². The lowest BCUT2D eigenvalue weighted by Gasteiger charge is -2.28. The first-order chi connectivity index (χ1) is 22.7. The lowest BCUT2D eigenvalue weighted by Crippen LogP contribution is -2.37. The van der Waals surface area contributed by atoms with Crippen LogP contribution in [0.25, 0.3) is 17.2 Å². The number of aromatic nitrogens is 12. The number of hydrogen-bond acceptors (Lipinski definition) is 14. The number of nitrogens with zero attached hydrogens (tertiary/aromatic N) is 14. The minimum Gasteiger partial charge on any atom is -0.378 e. The van der Waals surface area contributed by atoms with Crippen LogP contribution in [0.3, 0.4) is 0 Å². The number of ether oxygens (including phenoxy) is 2. The standard InChI is InChI=1S/C14H15N7O2.C13H14N8O2.HI/c22-14-11(21-4-2-17-18-21)1-3-20(14)13-9-12(15-10-16-13)19-5-7-23-8-6-19;22-13-10(20-2-1-16-18-20)8-17-21(13)12-7-11(14-9-15-12)19-3-5-23-6-4-19;/h1-2,4,9-10H,3,5-8H2;1-2,7-9,17H,3-6H2;1H. The molecule has 0 unspecified atom stereocenters. The number of carbonyl (C=O) groups excluding carboxylic acids is 1. The van der Waals surface area contributed by atoms with Crippen LogP contribution in [0.5, 0.6) is 0 Å². The third kappa shape index (κ3) is 6.88. The maximum atomic E-state index is 12.6. The molecular weight excluding hydrogens is 725 g/mol. The highest BCUT2D eigenvalue weighted by molar-refractivity contribution is 14.0. The monoisotopic (exact) mass is 755 g/mol. The Labute approximate surface area is 283 Å². The Hall–Kier alpha value is -5.09. The summed E-state index contributed by atoms with van der Waals surface area (Å²) in [5, 5.41) is 18.0. The van der Waals surface area contributed by atoms with Gasteiger partial charge in [-0.1, -0.05) is 10.4 Å². The van der Waals surface area contributed by atoms with Crippen molar-refractivity contribution in [1.29, 1.82) is 0 Å². The average Bonchev–Trinajstić information content (AvgIpc) is 3.95. The van der Waals surface area contributed by atoms with Crippen LogP contribution in [-0.2, 0) is 14.3 Å². The number of carbonyl (C=O) groups is 1. The second-order valence-electron chi connectivity index (χ2n) is 10.2. The number of nitrogens with one attached hydrogen (secondary N) is 1. The molecule has 3 aliphatic rings. The molecule has 8 heterocycles. The summed E-state index contributed by atoms with van der Waals surface area (Å²) >= 11 is 0. The van der Waals surface area contributed by atoms with Crippen molar-refractivity contribution in [2.75, 3.05) is 73.9 Å². The highest BCUT2D eigenvalue weighted by Crippen LogP contribution is 2.24. The summed E-state index contributed by atoms with van der Waals surface area (Å²) in [6, 6.07) is 3.61. The summed E-state index contributed by atoms with van der Waals surface area (Å²) in [4.78, 5) is 47.9. The van der Waals surface area contributed by atoms with Crippen LogP contribution in [0.1, 0.15) is 0 Å². The molecular formula is C27H30IN15O4. The summed E-state index contributed by atoms with van der Waals surface area (Å²) in [6.07, 6.45) is 12.6. The molecule has 0 bridgehead atoms. The van der Waals surface area contributed by atoms with Crippen molar-refractivity contribution in [2.45, 2.75) is 0 Å². The Morgan fingerprint density at radius 3 is 1.85 bits per heavy atom. The van der Waals surface area contributed by atoms with E-state index in [9.17, 15) is 9.59 Å². The van der Waals surface area contributed by atoms with Crippen molar-refractivity contribution in [1.82, 2.24) is 59.7 Å². The van der Waals surface area contributed by atoms with Gasteiger partial charge in [0.25, 0.3) is 11.5 Å². The predicted octanol–water partition coefficient (Wildman–Crippen LogP) is -0.217. The molecule has 0 atom stereocenters. The Balaban J connectivity index is 0.000000161. The molecule has 2 saturated heterocycles. The van der Waals surface area contributed by atoms with Gasteiger partial charge in [-0.15, -0.1) is 34.2 Å². The summed E-state index contributed by atoms with van der Waals surface area (Å²) in [6.45, 7) is 6.24. The molecule has 0 saturated carbocycles. The number of halogens is 1. The molecule has 0 aliphatic carbocycles. The third-order valence-electron chi connectivity index (χ3n) is 7.47. The lowest BCUT2D eigenvalue weighted by molar-refractivity contribution is -0.113. The van der Waals surface area contributed by atoms with Crippen molar-refractivity contribution >= 4 is 53.0 Å². The maximum absolute atomic E-state index is 12.6. The fourth-order valence-corrected chi connectivity index (χ4v) is 5.12. The molecule has 8 rings (SSSR count). The maximum Gasteiger partial charge on any atom is 0.298 e. The second-order valence-corrected chi connectivity index (χ2v) is 10.2. The van der Waals surface area contributed by atoms with Gasteiger partial charge in [0.2, 0.25) is 0 Å². The molecule has 47 heavy (non-hydrogen) atoms. The molecule has 3 aliphatic heterocycles. The van der Waals surface area contributed by atoms with Crippen LogP contribution in [0.2, 0.25) is 0 Å². The van der Waals surface area contributed by atoms with Crippen LogP contribution in [0.4, 0.5) is 17.5 Å². The summed E-state index contributed by atoms with van der Waals surface area (Å²) in [5.41, 5.74) is 0.588. The van der Waals surface area contributed by atoms with E-state index >= 15 is 0 Å². The lowest BCUT2D eigenvalue weighted by atomic mass is 10.3. The summed E-state index contributed by atoms with van der Waals surface area (Å²) in [7, 11) is 0. The molecule has 0 radical (unpaired) electrons. The van der Waals surface area contributed by atoms with E-state index in [-0.39, 0.29) is 35.4 Å². The topological polar surface area (TPSA) is 196 Å². The van der Waals surface area contributed by atoms with Crippen molar-refractivity contribution in [3.63, 3.8) is 0 Å². The normalized spacial score (nSPS) is 16.4. The number of morpholine rings is 2. The Kier molecular flexibility index (Phi) is 9.87. The van der Waals surface area contributed by atoms with E-state index in [4.69, 9.17) is 9.47 Å². The Morgan fingerprint density at radius 1 is 0.702 bits per heavy atom. The summed E-state index contributed by atoms with van der Waals surface area (Å²) in [5.74, 6) is 2.47. The molecule has 0 aromatic carbocycles. The van der Waals surface area contributed by atoms with E-state index in [1.165, 1.54) is 39.1 Å². The number of rotatable bonds is 6. The number of anilines is 3. The molecule has 1 amide bonds. The van der Waals surface area contributed by atoms with Crippen molar-refractivity contribution in [3.05, 3.63) is 72.2 Å². The van der Waals surface area contributed by atoms with E-state index in [0.717, 1.165) is 37.8 Å². The minimum atomic E-state index is -0.262. The van der Waals surface area contributed by atoms with Gasteiger partial charge in [-0.25, -0.2) is 29.3 Å². The average molecular weight is 756 g/mol. The highest BCUT2D eigenvalue weighted by atomic mass is 127. The first-order valence-corrected chi connectivity index (χ1v) is 14.5. The van der Waals surface area contributed by atoms with E-state index in [0.29, 0.717) is 56.0 Å². The van der Waals surface area contributed by atoms with E-state index in [1.54, 1.807) is 29.6 Å². The van der Waals surface area contributed by atoms with Crippen molar-refractivity contribution < 1.29 is 14.3 Å². The first kappa shape index (κ1) is 31.9. The minimum absolute atomic E-state index is 0. The van der Waals surface area contributed by atoms with Gasteiger partial charge in [-0.05, 0) is 6.08 Å². The molecule has 5 aromatic heterocycles. The van der Waals surface area contributed by atoms with E-state index in [2.05, 4.69) is 55.5 Å². The molecule has 20 heteroatoms. The molecule has 0 spiro atoms. The van der Waals surface area contributed by atoms with Crippen LogP contribution in [0.15, 0.2) is 66.6 Å². The Bertz CT molecular complexity index is 1860. The summed E-state index contributed by atoms with van der Waals surface area (Å²) < 4.78 is 14.9. The zero-order chi connectivity index (χ0) is 31.3. The SMILES string of the molecule is I.O=C1C(n2ccnn2)=CCN1c1cc(N2CCOCC2)ncn1.O=c1c(-n2ccnn2)c[nH]n1-c1cc(N2CCOCC2)ncn1. The predicted molar refractivity (Wildman–Crippen MR) is 177 cm³/mol. The molecule has 5 aromatic rings. The molecule has 2 fully saturated rings. The zero-order valence-corrected chi connectivity index (χ0v) is 27.3. The van der Waals surface area contributed by atoms with Gasteiger partial charge in [-0.2, -0.15) is 4.68 Å². The Morgan fingerprint density at radius 2 is 1.26 bits per heavy atom. The fourth-order valence-electron chi connectivity index (χ4n) is 5.12. The van der Waals surface area contributed by atoms with Crippen LogP contribution < -0.4 is 20.3 Å². The van der Waals surface area contributed by atoms with Gasteiger partial charge in [0.05, 0.1) is 57.4 Å². The first-order valence-electron chi connectivity index (χ1n) is 14.5. The van der Waals surface area contributed by atoms with Gasteiger partial charge in [0.1, 0.15) is 35.8 Å². The zero-order valence-electron chi connectivity index (χ0n) is 24.9. The number of H-pyrrole nitrogens is 1. The van der Waals surface area contributed by atoms with Gasteiger partial charge in [0, 0.05) is 44.9 Å². The number of aromatic amines is 1. The number of hydrogen-bond donors (Lipinski definition) is 1. The van der Waals surface area contributed by atoms with Crippen molar-refractivity contribution in [3.8, 4) is 11.5 Å². The smallest absolute Gasteiger partial charge is 0.298 e. The van der Waals surface area contributed by atoms with Crippen LogP contribution >= 0.6 is 24.0 Å². The van der Waals surface area contributed by atoms with Gasteiger partial charge >= 0.3 is 0 Å². The van der Waals surface area contributed by atoms with Crippen LogP contribution in [-0.4, -0.2) is 125 Å². The largest absolute Gasteiger partial charge is 0.378 e. The van der Waals surface area contributed by atoms with E-state index in [1.807, 2.05) is 12.1 Å². The molecule has 244 valence electrons. The third-order valence-corrected chi connectivity index (χ3v) is 7.47. The highest BCUT2D eigenvalue weighted by Gasteiger charge is 2.28. The van der Waals surface area contributed by atoms with Gasteiger partial charge < -0.3 is 19.3 Å². The van der Waals surface area contributed by atoms with Crippen LogP contribution in [0, 0.1) is 0 Å². The second kappa shape index (κ2) is 14.6. The fraction of sp³-hybridized carbons (Fsp3) is 0.333. The molecule has 19 nitrogen and oxygen atoms in total. The quantitative estimate of drug-likeness (QED) is 0.224. The van der Waals surface area contributed by atoms with Gasteiger partial charge in [-0.3, -0.25) is 19.6 Å². The van der Waals surface area contributed by atoms with Crippen molar-refractivity contribution in [2.24, 2.45) is 0 Å². The molecule has 1 N–H and O–H groups in total. The van der Waals surface area contributed by atoms with Gasteiger partial charge in [0.15, 0.2) is 11.5 Å².